The summed E-state index contributed by atoms with van der Waals surface area (Å²) in [4.78, 5) is 8.88. The number of hydrogen-bond donors (Lipinski definition) is 0. The van der Waals surface area contributed by atoms with E-state index in [-0.39, 0.29) is 0 Å². The molecule has 0 spiro atoms. The van der Waals surface area contributed by atoms with Gasteiger partial charge in [-0.05, 0) is 140 Å². The first kappa shape index (κ1) is 32.0. The molecule has 0 saturated heterocycles. The van der Waals surface area contributed by atoms with E-state index >= 15 is 0 Å². The van der Waals surface area contributed by atoms with Crippen LogP contribution in [0, 0.1) is 0 Å². The molecule has 0 radical (unpaired) electrons. The largest absolute Gasteiger partial charge is 0.497 e. The Morgan fingerprint density at radius 1 is 0.354 bits per heavy atom. The highest BCUT2D eigenvalue weighted by Gasteiger charge is 2.26. The van der Waals surface area contributed by atoms with Crippen LogP contribution in [-0.2, 0) is 0 Å². The van der Waals surface area contributed by atoms with Crippen molar-refractivity contribution in [2.45, 2.75) is 34.3 Å². The van der Waals surface area contributed by atoms with Crippen LogP contribution in [0.4, 0.5) is 0 Å². The van der Waals surface area contributed by atoms with E-state index in [1.54, 1.807) is 30.6 Å². The van der Waals surface area contributed by atoms with Crippen LogP contribution in [0.15, 0.2) is 216 Å². The van der Waals surface area contributed by atoms with Crippen LogP contribution in [0.25, 0.3) is 22.3 Å². The van der Waals surface area contributed by atoms with Gasteiger partial charge >= 0.3 is 0 Å². The molecule has 7 aromatic rings. The zero-order valence-corrected chi connectivity index (χ0v) is 29.4. The van der Waals surface area contributed by atoms with Gasteiger partial charge in [0.15, 0.2) is 0 Å². The molecule has 7 aromatic carbocycles. The Hall–Kier alpha value is -4.61. The Bertz CT molecular complexity index is 1930. The molecular weight excluding hydrogens is 641 g/mol. The van der Waals surface area contributed by atoms with Crippen molar-refractivity contribution in [2.75, 3.05) is 13.4 Å². The lowest BCUT2D eigenvalue weighted by molar-refractivity contribution is 0.414. The first-order valence-corrected chi connectivity index (χ1v) is 19.6. The van der Waals surface area contributed by atoms with Gasteiger partial charge in [-0.1, -0.05) is 108 Å². The van der Waals surface area contributed by atoms with E-state index in [2.05, 4.69) is 188 Å². The highest BCUT2D eigenvalue weighted by atomic mass is 32.3. The van der Waals surface area contributed by atoms with Crippen molar-refractivity contribution in [2.24, 2.45) is 0 Å². The molecular formula is C44H36OS3. The third-order valence-electron chi connectivity index (χ3n) is 8.52. The summed E-state index contributed by atoms with van der Waals surface area (Å²) in [5, 5.41) is 0. The van der Waals surface area contributed by atoms with E-state index < -0.39 is 10.0 Å². The van der Waals surface area contributed by atoms with E-state index in [1.807, 2.05) is 0 Å². The summed E-state index contributed by atoms with van der Waals surface area (Å²) in [5.74, 6) is 0.871. The Kier molecular flexibility index (Phi) is 9.76. The molecule has 0 aliphatic carbocycles. The molecule has 0 N–H and O–H groups in total. The highest BCUT2D eigenvalue weighted by molar-refractivity contribution is 8.33. The first-order valence-electron chi connectivity index (χ1n) is 15.9. The molecule has 0 bridgehead atoms. The first-order chi connectivity index (χ1) is 23.6. The van der Waals surface area contributed by atoms with Crippen molar-refractivity contribution < 1.29 is 4.74 Å². The Morgan fingerprint density at radius 2 is 0.646 bits per heavy atom. The van der Waals surface area contributed by atoms with E-state index in [4.69, 9.17) is 4.74 Å². The molecule has 48 heavy (non-hydrogen) atoms. The summed E-state index contributed by atoms with van der Waals surface area (Å²) in [6.45, 7) is 0. The number of hydrogen-bond acceptors (Lipinski definition) is 3. The van der Waals surface area contributed by atoms with Crippen LogP contribution in [0.1, 0.15) is 0 Å². The second kappa shape index (κ2) is 14.7. The molecule has 7 rings (SSSR count). The third kappa shape index (κ3) is 7.12. The van der Waals surface area contributed by atoms with Crippen molar-refractivity contribution in [3.05, 3.63) is 182 Å². The second-order valence-electron chi connectivity index (χ2n) is 11.5. The van der Waals surface area contributed by atoms with Crippen molar-refractivity contribution in [1.82, 2.24) is 0 Å². The van der Waals surface area contributed by atoms with Gasteiger partial charge in [-0.3, -0.25) is 0 Å². The van der Waals surface area contributed by atoms with Crippen LogP contribution < -0.4 is 4.74 Å². The van der Waals surface area contributed by atoms with Gasteiger partial charge in [0, 0.05) is 19.6 Å². The van der Waals surface area contributed by atoms with Crippen LogP contribution >= 0.6 is 33.6 Å². The lowest BCUT2D eigenvalue weighted by atomic mass is 10.1. The average Bonchev–Trinajstić information content (AvgIpc) is 3.16. The van der Waals surface area contributed by atoms with Crippen LogP contribution in [0.2, 0.25) is 0 Å². The Balaban J connectivity index is 1.12. The molecule has 0 aliphatic rings. The molecule has 0 fully saturated rings. The van der Waals surface area contributed by atoms with Crippen LogP contribution in [0.5, 0.6) is 5.75 Å². The zero-order chi connectivity index (χ0) is 32.8. The fourth-order valence-electron chi connectivity index (χ4n) is 5.78. The number of methoxy groups -OCH3 is 1. The van der Waals surface area contributed by atoms with Gasteiger partial charge in [0.1, 0.15) is 5.75 Å². The van der Waals surface area contributed by atoms with Gasteiger partial charge in [-0.25, -0.2) is 0 Å². The summed E-state index contributed by atoms with van der Waals surface area (Å²) < 4.78 is 5.51. The Morgan fingerprint density at radius 3 is 0.979 bits per heavy atom. The number of rotatable bonds is 10. The molecule has 0 aliphatic heterocycles. The summed E-state index contributed by atoms with van der Waals surface area (Å²) in [7, 11) is 0.195. The lowest BCUT2D eigenvalue weighted by Gasteiger charge is -2.38. The molecule has 0 saturated carbocycles. The maximum Gasteiger partial charge on any atom is 0.118 e. The average molecular weight is 677 g/mol. The lowest BCUT2D eigenvalue weighted by Crippen LogP contribution is -2.02. The molecule has 0 heterocycles. The van der Waals surface area contributed by atoms with Crippen molar-refractivity contribution in [3.63, 3.8) is 0 Å². The molecule has 0 unspecified atom stereocenters. The van der Waals surface area contributed by atoms with Gasteiger partial charge in [0.05, 0.1) is 7.11 Å². The second-order valence-corrected chi connectivity index (χ2v) is 17.1. The van der Waals surface area contributed by atoms with Gasteiger partial charge in [-0.2, -0.15) is 10.0 Å². The van der Waals surface area contributed by atoms with Gasteiger partial charge in [-0.15, -0.1) is 0 Å². The van der Waals surface area contributed by atoms with Gasteiger partial charge in [0.25, 0.3) is 0 Å². The predicted octanol–water partition coefficient (Wildman–Crippen LogP) is 13.2. The monoisotopic (exact) mass is 676 g/mol. The summed E-state index contributed by atoms with van der Waals surface area (Å²) >= 11 is 3.60. The minimum Gasteiger partial charge on any atom is -0.497 e. The number of ether oxygens (including phenoxy) is 1. The van der Waals surface area contributed by atoms with Crippen molar-refractivity contribution in [1.29, 1.82) is 0 Å². The normalized spacial score (nSPS) is 11.6. The summed E-state index contributed by atoms with van der Waals surface area (Å²) in [5.41, 5.74) is 4.95. The van der Waals surface area contributed by atoms with E-state index in [9.17, 15) is 0 Å². The standard InChI is InChI=1S/C44H36OS3/c1-45-37-17-27-42(28-18-37)48(2,43-29-23-40(24-30-43)46-38-19-13-35(14-20-38)33-9-5-3-6-10-33)44-31-25-41(26-32-44)47-39-21-15-36(16-22-39)34-11-7-4-8-12-34/h3-32H,1-2H3. The topological polar surface area (TPSA) is 9.23 Å². The molecule has 0 aromatic heterocycles. The number of benzene rings is 7. The van der Waals surface area contributed by atoms with Gasteiger partial charge < -0.3 is 4.74 Å². The van der Waals surface area contributed by atoms with Gasteiger partial charge in [0.2, 0.25) is 0 Å². The smallest absolute Gasteiger partial charge is 0.118 e. The van der Waals surface area contributed by atoms with Crippen molar-refractivity contribution in [3.8, 4) is 28.0 Å². The molecule has 0 atom stereocenters. The Labute approximate surface area is 294 Å². The fraction of sp³-hybridized carbons (Fsp3) is 0.0455. The molecule has 0 amide bonds. The zero-order valence-electron chi connectivity index (χ0n) is 27.0. The molecule has 236 valence electrons. The fourth-order valence-corrected chi connectivity index (χ4v) is 10.3. The summed E-state index contributed by atoms with van der Waals surface area (Å²) in [6, 6.07) is 65.7. The maximum absolute atomic E-state index is 5.51. The molecule has 1 nitrogen and oxygen atoms in total. The van der Waals surface area contributed by atoms with E-state index in [0.717, 1.165) is 5.75 Å². The summed E-state index contributed by atoms with van der Waals surface area (Å²) in [6.07, 6.45) is 2.41. The van der Waals surface area contributed by atoms with E-state index in [0.29, 0.717) is 0 Å². The molecule has 4 heteroatoms. The van der Waals surface area contributed by atoms with E-state index in [1.165, 1.54) is 56.5 Å². The predicted molar refractivity (Wildman–Crippen MR) is 206 cm³/mol. The van der Waals surface area contributed by atoms with Crippen LogP contribution in [0.3, 0.4) is 0 Å². The highest BCUT2D eigenvalue weighted by Crippen LogP contribution is 2.66. The van der Waals surface area contributed by atoms with Crippen molar-refractivity contribution >= 4 is 33.6 Å². The third-order valence-corrected chi connectivity index (χ3v) is 14.2. The van der Waals surface area contributed by atoms with Crippen LogP contribution in [-0.4, -0.2) is 13.4 Å². The minimum absolute atomic E-state index is 0.871. The maximum atomic E-state index is 5.51. The SMILES string of the molecule is COc1ccc(S(C)(c2ccc(Sc3ccc(-c4ccccc4)cc3)cc2)c2ccc(Sc3ccc(-c4ccccc4)cc3)cc2)cc1. The quantitative estimate of drug-likeness (QED) is 0.143. The minimum atomic E-state index is -1.53.